The van der Waals surface area contributed by atoms with E-state index in [1.165, 1.54) is 11.1 Å². The maximum atomic E-state index is 11.5. The van der Waals surface area contributed by atoms with Crippen molar-refractivity contribution >= 4 is 32.4 Å². The standard InChI is InChI=1S/C29H26N4O2S/c1-36(34,35)33-24-18-16-23(17-19-24)28-31-27-15-9-8-14-25(27)29(32-28)30-20-26(21-10-4-2-5-11-21)22-12-6-3-7-13-22/h2-19,26,33H,20H2,1H3,(H,30,31,32). The third kappa shape index (κ3) is 5.53. The van der Waals surface area contributed by atoms with E-state index in [-0.39, 0.29) is 5.92 Å². The van der Waals surface area contributed by atoms with Gasteiger partial charge < -0.3 is 5.32 Å². The molecule has 6 nitrogen and oxygen atoms in total. The summed E-state index contributed by atoms with van der Waals surface area (Å²) in [6.45, 7) is 0.658. The molecular formula is C29H26N4O2S. The first-order chi connectivity index (χ1) is 17.5. The van der Waals surface area contributed by atoms with Gasteiger partial charge in [-0.05, 0) is 47.5 Å². The Balaban J connectivity index is 1.49. The van der Waals surface area contributed by atoms with E-state index in [1.54, 1.807) is 12.1 Å². The Bertz CT molecular complexity index is 1530. The fourth-order valence-electron chi connectivity index (χ4n) is 4.24. The summed E-state index contributed by atoms with van der Waals surface area (Å²) < 4.78 is 25.6. The molecule has 5 aromatic rings. The smallest absolute Gasteiger partial charge is 0.229 e. The van der Waals surface area contributed by atoms with E-state index in [0.29, 0.717) is 18.1 Å². The Morgan fingerprint density at radius 2 is 1.31 bits per heavy atom. The number of para-hydroxylation sites is 1. The molecule has 0 amide bonds. The van der Waals surface area contributed by atoms with E-state index >= 15 is 0 Å². The van der Waals surface area contributed by atoms with Crippen LogP contribution in [0.1, 0.15) is 17.0 Å². The van der Waals surface area contributed by atoms with Gasteiger partial charge in [0, 0.05) is 29.1 Å². The lowest BCUT2D eigenvalue weighted by molar-refractivity contribution is 0.607. The number of hydrogen-bond donors (Lipinski definition) is 2. The zero-order chi connectivity index (χ0) is 25.0. The normalized spacial score (nSPS) is 11.5. The summed E-state index contributed by atoms with van der Waals surface area (Å²) in [5.41, 5.74) is 4.58. The maximum Gasteiger partial charge on any atom is 0.229 e. The van der Waals surface area contributed by atoms with Gasteiger partial charge in [0.05, 0.1) is 11.8 Å². The van der Waals surface area contributed by atoms with E-state index in [4.69, 9.17) is 9.97 Å². The molecule has 1 heterocycles. The molecule has 1 aromatic heterocycles. The first-order valence-electron chi connectivity index (χ1n) is 11.6. The lowest BCUT2D eigenvalue weighted by atomic mass is 9.91. The predicted molar refractivity (Wildman–Crippen MR) is 147 cm³/mol. The van der Waals surface area contributed by atoms with Gasteiger partial charge >= 0.3 is 0 Å². The largest absolute Gasteiger partial charge is 0.368 e. The van der Waals surface area contributed by atoms with Gasteiger partial charge in [0.1, 0.15) is 5.82 Å². The van der Waals surface area contributed by atoms with E-state index in [9.17, 15) is 8.42 Å². The quantitative estimate of drug-likeness (QED) is 0.280. The van der Waals surface area contributed by atoms with Crippen LogP contribution >= 0.6 is 0 Å². The molecule has 0 aliphatic heterocycles. The highest BCUT2D eigenvalue weighted by molar-refractivity contribution is 7.92. The molecule has 0 aliphatic carbocycles. The van der Waals surface area contributed by atoms with Crippen LogP contribution in [-0.2, 0) is 10.0 Å². The average molecular weight is 495 g/mol. The molecule has 0 saturated carbocycles. The number of rotatable bonds is 8. The van der Waals surface area contributed by atoms with Crippen LogP contribution in [0.5, 0.6) is 0 Å². The molecule has 0 atom stereocenters. The van der Waals surface area contributed by atoms with Crippen LogP contribution in [0.25, 0.3) is 22.3 Å². The molecule has 0 saturated heterocycles. The second kappa shape index (κ2) is 10.2. The minimum atomic E-state index is -3.34. The average Bonchev–Trinajstić information content (AvgIpc) is 2.89. The van der Waals surface area contributed by atoms with Gasteiger partial charge in [-0.15, -0.1) is 0 Å². The fraction of sp³-hybridized carbons (Fsp3) is 0.103. The maximum absolute atomic E-state index is 11.5. The van der Waals surface area contributed by atoms with Crippen molar-refractivity contribution < 1.29 is 8.42 Å². The minimum absolute atomic E-state index is 0.144. The van der Waals surface area contributed by atoms with Crippen molar-refractivity contribution in [2.24, 2.45) is 0 Å². The van der Waals surface area contributed by atoms with Gasteiger partial charge in [0.2, 0.25) is 10.0 Å². The first-order valence-corrected chi connectivity index (χ1v) is 13.5. The Hall–Kier alpha value is -4.23. The molecule has 0 spiro atoms. The zero-order valence-corrected chi connectivity index (χ0v) is 20.6. The van der Waals surface area contributed by atoms with Crippen molar-refractivity contribution in [3.63, 3.8) is 0 Å². The number of nitrogens with zero attached hydrogens (tertiary/aromatic N) is 2. The van der Waals surface area contributed by atoms with Crippen molar-refractivity contribution in [2.75, 3.05) is 22.8 Å². The molecule has 5 rings (SSSR count). The number of nitrogens with one attached hydrogen (secondary N) is 2. The lowest BCUT2D eigenvalue weighted by Gasteiger charge is -2.20. The van der Waals surface area contributed by atoms with Gasteiger partial charge in [0.15, 0.2) is 5.82 Å². The van der Waals surface area contributed by atoms with Gasteiger partial charge in [0.25, 0.3) is 0 Å². The number of hydrogen-bond acceptors (Lipinski definition) is 5. The molecule has 4 aromatic carbocycles. The van der Waals surface area contributed by atoms with Crippen LogP contribution in [-0.4, -0.2) is 31.2 Å². The summed E-state index contributed by atoms with van der Waals surface area (Å²) in [7, 11) is -3.34. The van der Waals surface area contributed by atoms with Crippen molar-refractivity contribution in [1.29, 1.82) is 0 Å². The third-order valence-electron chi connectivity index (χ3n) is 5.93. The van der Waals surface area contributed by atoms with E-state index in [0.717, 1.165) is 28.5 Å². The molecule has 0 radical (unpaired) electrons. The van der Waals surface area contributed by atoms with Crippen molar-refractivity contribution in [3.05, 3.63) is 120 Å². The second-order valence-corrected chi connectivity index (χ2v) is 10.4. The van der Waals surface area contributed by atoms with Crippen molar-refractivity contribution in [3.8, 4) is 11.4 Å². The Kier molecular flexibility index (Phi) is 6.64. The lowest BCUT2D eigenvalue weighted by Crippen LogP contribution is -2.15. The molecular weight excluding hydrogens is 468 g/mol. The summed E-state index contributed by atoms with van der Waals surface area (Å²) in [5.74, 6) is 1.47. The topological polar surface area (TPSA) is 84.0 Å². The summed E-state index contributed by atoms with van der Waals surface area (Å²) >= 11 is 0. The van der Waals surface area contributed by atoms with Crippen LogP contribution in [0, 0.1) is 0 Å². The molecule has 0 fully saturated rings. The number of fused-ring (bicyclic) bond motifs is 1. The molecule has 0 unspecified atom stereocenters. The summed E-state index contributed by atoms with van der Waals surface area (Å²) in [4.78, 5) is 9.64. The fourth-order valence-corrected chi connectivity index (χ4v) is 4.80. The molecule has 36 heavy (non-hydrogen) atoms. The number of anilines is 2. The van der Waals surface area contributed by atoms with Crippen LogP contribution in [0.3, 0.4) is 0 Å². The third-order valence-corrected chi connectivity index (χ3v) is 6.53. The predicted octanol–water partition coefficient (Wildman–Crippen LogP) is 5.91. The van der Waals surface area contributed by atoms with E-state index in [2.05, 4.69) is 58.6 Å². The monoisotopic (exact) mass is 494 g/mol. The summed E-state index contributed by atoms with van der Waals surface area (Å²) in [6.07, 6.45) is 1.13. The Labute approximate surface area is 211 Å². The van der Waals surface area contributed by atoms with E-state index in [1.807, 2.05) is 48.5 Å². The number of aromatic nitrogens is 2. The van der Waals surface area contributed by atoms with E-state index < -0.39 is 10.0 Å². The summed E-state index contributed by atoms with van der Waals surface area (Å²) in [5, 5.41) is 4.54. The summed E-state index contributed by atoms with van der Waals surface area (Å²) in [6, 6.07) is 35.9. The highest BCUT2D eigenvalue weighted by atomic mass is 32.2. The zero-order valence-electron chi connectivity index (χ0n) is 19.8. The highest BCUT2D eigenvalue weighted by Gasteiger charge is 2.16. The highest BCUT2D eigenvalue weighted by Crippen LogP contribution is 2.29. The van der Waals surface area contributed by atoms with Crippen LogP contribution < -0.4 is 10.0 Å². The molecule has 180 valence electrons. The van der Waals surface area contributed by atoms with Gasteiger partial charge in [-0.3, -0.25) is 4.72 Å². The number of sulfonamides is 1. The van der Waals surface area contributed by atoms with Crippen LogP contribution in [0.4, 0.5) is 11.5 Å². The van der Waals surface area contributed by atoms with Gasteiger partial charge in [-0.25, -0.2) is 18.4 Å². The van der Waals surface area contributed by atoms with Crippen molar-refractivity contribution in [2.45, 2.75) is 5.92 Å². The van der Waals surface area contributed by atoms with Gasteiger partial charge in [-0.2, -0.15) is 0 Å². The number of benzene rings is 4. The molecule has 0 bridgehead atoms. The van der Waals surface area contributed by atoms with Crippen LogP contribution in [0.15, 0.2) is 109 Å². The molecule has 7 heteroatoms. The molecule has 0 aliphatic rings. The molecule has 2 N–H and O–H groups in total. The minimum Gasteiger partial charge on any atom is -0.368 e. The first kappa shape index (κ1) is 23.5. The van der Waals surface area contributed by atoms with Crippen molar-refractivity contribution in [1.82, 2.24) is 9.97 Å². The Morgan fingerprint density at radius 3 is 1.92 bits per heavy atom. The second-order valence-electron chi connectivity index (χ2n) is 8.62. The Morgan fingerprint density at radius 1 is 0.722 bits per heavy atom. The SMILES string of the molecule is CS(=O)(=O)Nc1ccc(-c2nc(NCC(c3ccccc3)c3ccccc3)c3ccccc3n2)cc1. The van der Waals surface area contributed by atoms with Crippen LogP contribution in [0.2, 0.25) is 0 Å². The van der Waals surface area contributed by atoms with Gasteiger partial charge in [-0.1, -0.05) is 72.8 Å².